The molecule has 2 rings (SSSR count). The van der Waals surface area contributed by atoms with E-state index >= 15 is 0 Å². The van der Waals surface area contributed by atoms with Crippen LogP contribution in [0.25, 0.3) is 0 Å². The summed E-state index contributed by atoms with van der Waals surface area (Å²) in [7, 11) is 1.45. The fraction of sp³-hybridized carbons (Fsp3) is 0.600. The Bertz CT molecular complexity index is 487. The number of guanidine groups is 1. The second kappa shape index (κ2) is 7.45. The molecule has 2 unspecified atom stereocenters. The zero-order valence-corrected chi connectivity index (χ0v) is 13.7. The van der Waals surface area contributed by atoms with Crippen molar-refractivity contribution in [3.8, 4) is 0 Å². The number of hydrogen-bond donors (Lipinski definition) is 1. The Morgan fingerprint density at radius 1 is 1.57 bits per heavy atom. The van der Waals surface area contributed by atoms with Gasteiger partial charge in [-0.3, -0.25) is 4.79 Å². The number of aliphatic imine (C=N–C) groups is 1. The monoisotopic (exact) mass is 309 g/mol. The second-order valence-electron chi connectivity index (χ2n) is 5.31. The maximum absolute atomic E-state index is 11.8. The van der Waals surface area contributed by atoms with E-state index in [1.165, 1.54) is 12.7 Å². The van der Waals surface area contributed by atoms with E-state index in [4.69, 9.17) is 4.74 Å². The van der Waals surface area contributed by atoms with E-state index < -0.39 is 0 Å². The average molecular weight is 309 g/mol. The Balaban J connectivity index is 2.05. The molecule has 1 aromatic rings. The molecule has 116 valence electrons. The minimum absolute atomic E-state index is 0.0694. The number of hydrogen-bond acceptors (Lipinski definition) is 4. The quantitative estimate of drug-likeness (QED) is 0.525. The van der Waals surface area contributed by atoms with Crippen molar-refractivity contribution in [2.24, 2.45) is 16.8 Å². The van der Waals surface area contributed by atoms with Crippen molar-refractivity contribution in [2.75, 3.05) is 26.7 Å². The fourth-order valence-corrected chi connectivity index (χ4v) is 3.23. The van der Waals surface area contributed by atoms with Crippen LogP contribution in [0.15, 0.2) is 21.8 Å². The molecule has 0 spiro atoms. The van der Waals surface area contributed by atoms with Crippen LogP contribution < -0.4 is 5.32 Å². The first kappa shape index (κ1) is 15.8. The summed E-state index contributed by atoms with van der Waals surface area (Å²) in [4.78, 5) is 18.6. The van der Waals surface area contributed by atoms with Gasteiger partial charge in [-0.15, -0.1) is 0 Å². The molecule has 2 atom stereocenters. The van der Waals surface area contributed by atoms with Crippen LogP contribution in [0.2, 0.25) is 0 Å². The van der Waals surface area contributed by atoms with Gasteiger partial charge in [0.2, 0.25) is 0 Å². The lowest BCUT2D eigenvalue weighted by Crippen LogP contribution is -2.40. The second-order valence-corrected chi connectivity index (χ2v) is 6.09. The highest BCUT2D eigenvalue weighted by Crippen LogP contribution is 2.24. The molecular weight excluding hydrogens is 286 g/mol. The molecule has 1 aliphatic rings. The van der Waals surface area contributed by atoms with Gasteiger partial charge in [0, 0.05) is 19.6 Å². The van der Waals surface area contributed by atoms with E-state index in [0.717, 1.165) is 19.0 Å². The molecule has 0 amide bonds. The molecule has 5 nitrogen and oxygen atoms in total. The lowest BCUT2D eigenvalue weighted by Gasteiger charge is -2.21. The molecule has 1 aliphatic heterocycles. The molecule has 1 saturated heterocycles. The standard InChI is InChI=1S/C15H23N3O2S/c1-4-16-15(17-7-12-5-6-21-10-12)18-8-11(2)13(9-18)14(19)20-3/h5-6,10-11,13H,4,7-9H2,1-3H3,(H,16,17). The molecule has 0 bridgehead atoms. The number of rotatable bonds is 4. The summed E-state index contributed by atoms with van der Waals surface area (Å²) in [6.45, 7) is 7.12. The minimum Gasteiger partial charge on any atom is -0.469 e. The van der Waals surface area contributed by atoms with Crippen LogP contribution in [0.3, 0.4) is 0 Å². The highest BCUT2D eigenvalue weighted by atomic mass is 32.1. The van der Waals surface area contributed by atoms with Gasteiger partial charge < -0.3 is 15.0 Å². The first-order valence-electron chi connectivity index (χ1n) is 7.27. The minimum atomic E-state index is -0.126. The number of thiophene rings is 1. The van der Waals surface area contributed by atoms with Crippen LogP contribution >= 0.6 is 11.3 Å². The number of esters is 1. The van der Waals surface area contributed by atoms with Gasteiger partial charge in [-0.05, 0) is 35.2 Å². The van der Waals surface area contributed by atoms with Crippen LogP contribution in [0.1, 0.15) is 19.4 Å². The smallest absolute Gasteiger partial charge is 0.310 e. The van der Waals surface area contributed by atoms with Gasteiger partial charge in [0.1, 0.15) is 0 Å². The van der Waals surface area contributed by atoms with Crippen LogP contribution in [-0.2, 0) is 16.1 Å². The van der Waals surface area contributed by atoms with Gasteiger partial charge >= 0.3 is 5.97 Å². The lowest BCUT2D eigenvalue weighted by molar-refractivity contribution is -0.145. The van der Waals surface area contributed by atoms with E-state index in [0.29, 0.717) is 13.1 Å². The van der Waals surface area contributed by atoms with Gasteiger partial charge in [-0.25, -0.2) is 4.99 Å². The van der Waals surface area contributed by atoms with E-state index in [2.05, 4.69) is 45.9 Å². The van der Waals surface area contributed by atoms with Crippen molar-refractivity contribution in [2.45, 2.75) is 20.4 Å². The van der Waals surface area contributed by atoms with Crippen LogP contribution in [0.4, 0.5) is 0 Å². The van der Waals surface area contributed by atoms with E-state index in [1.807, 2.05) is 0 Å². The zero-order chi connectivity index (χ0) is 15.2. The largest absolute Gasteiger partial charge is 0.469 e. The number of methoxy groups -OCH3 is 1. The molecule has 0 radical (unpaired) electrons. The van der Waals surface area contributed by atoms with Crippen molar-refractivity contribution < 1.29 is 9.53 Å². The normalized spacial score (nSPS) is 22.4. The summed E-state index contributed by atoms with van der Waals surface area (Å²) >= 11 is 1.68. The van der Waals surface area contributed by atoms with Crippen molar-refractivity contribution in [1.29, 1.82) is 0 Å². The third kappa shape index (κ3) is 3.97. The molecule has 0 aliphatic carbocycles. The number of likely N-dealkylation sites (tertiary alicyclic amines) is 1. The molecule has 1 fully saturated rings. The van der Waals surface area contributed by atoms with Gasteiger partial charge in [-0.2, -0.15) is 11.3 Å². The Hall–Kier alpha value is -1.56. The molecule has 0 aromatic carbocycles. The van der Waals surface area contributed by atoms with Crippen molar-refractivity contribution >= 4 is 23.3 Å². The van der Waals surface area contributed by atoms with Gasteiger partial charge in [0.25, 0.3) is 0 Å². The predicted octanol–water partition coefficient (Wildman–Crippen LogP) is 1.95. The predicted molar refractivity (Wildman–Crippen MR) is 85.4 cm³/mol. The number of carbonyl (C=O) groups excluding carboxylic acids is 1. The molecule has 21 heavy (non-hydrogen) atoms. The number of nitrogens with one attached hydrogen (secondary N) is 1. The highest BCUT2D eigenvalue weighted by Gasteiger charge is 2.36. The summed E-state index contributed by atoms with van der Waals surface area (Å²) < 4.78 is 4.89. The van der Waals surface area contributed by atoms with E-state index in [9.17, 15) is 4.79 Å². The summed E-state index contributed by atoms with van der Waals surface area (Å²) in [5.41, 5.74) is 1.21. The van der Waals surface area contributed by atoms with E-state index in [1.54, 1.807) is 11.3 Å². The molecule has 1 N–H and O–H groups in total. The maximum atomic E-state index is 11.8. The zero-order valence-electron chi connectivity index (χ0n) is 12.8. The summed E-state index contributed by atoms with van der Waals surface area (Å²) in [6.07, 6.45) is 0. The summed E-state index contributed by atoms with van der Waals surface area (Å²) in [5.74, 6) is 0.961. The Morgan fingerprint density at radius 3 is 3.00 bits per heavy atom. The summed E-state index contributed by atoms with van der Waals surface area (Å²) in [6, 6.07) is 2.08. The van der Waals surface area contributed by atoms with Crippen LogP contribution in [0, 0.1) is 11.8 Å². The Labute approximate surface area is 130 Å². The maximum Gasteiger partial charge on any atom is 0.310 e. The molecule has 1 aromatic heterocycles. The number of nitrogens with zero attached hydrogens (tertiary/aromatic N) is 2. The fourth-order valence-electron chi connectivity index (χ4n) is 2.57. The summed E-state index contributed by atoms with van der Waals surface area (Å²) in [5, 5.41) is 7.48. The molecular formula is C15H23N3O2S. The topological polar surface area (TPSA) is 53.9 Å². The molecule has 6 heteroatoms. The van der Waals surface area contributed by atoms with Gasteiger partial charge in [-0.1, -0.05) is 6.92 Å². The molecule has 2 heterocycles. The van der Waals surface area contributed by atoms with Crippen LogP contribution in [-0.4, -0.2) is 43.6 Å². The highest BCUT2D eigenvalue weighted by molar-refractivity contribution is 7.07. The molecule has 0 saturated carbocycles. The van der Waals surface area contributed by atoms with Crippen molar-refractivity contribution in [1.82, 2.24) is 10.2 Å². The van der Waals surface area contributed by atoms with E-state index in [-0.39, 0.29) is 17.8 Å². The SMILES string of the molecule is CCNC(=NCc1ccsc1)N1CC(C)C(C(=O)OC)C1. The third-order valence-electron chi connectivity index (χ3n) is 3.74. The van der Waals surface area contributed by atoms with Gasteiger partial charge in [0.05, 0.1) is 19.6 Å². The number of ether oxygens (including phenoxy) is 1. The van der Waals surface area contributed by atoms with Gasteiger partial charge in [0.15, 0.2) is 5.96 Å². The third-order valence-corrected chi connectivity index (χ3v) is 4.47. The Morgan fingerprint density at radius 2 is 2.38 bits per heavy atom. The van der Waals surface area contributed by atoms with Crippen molar-refractivity contribution in [3.63, 3.8) is 0 Å². The van der Waals surface area contributed by atoms with Crippen LogP contribution in [0.5, 0.6) is 0 Å². The Kier molecular flexibility index (Phi) is 5.61. The first-order valence-corrected chi connectivity index (χ1v) is 8.22. The number of carbonyl (C=O) groups is 1. The average Bonchev–Trinajstić information content (AvgIpc) is 3.12. The van der Waals surface area contributed by atoms with Crippen molar-refractivity contribution in [3.05, 3.63) is 22.4 Å². The lowest BCUT2D eigenvalue weighted by atomic mass is 9.99. The first-order chi connectivity index (χ1) is 10.2.